The molecule has 0 aliphatic heterocycles. The van der Waals surface area contributed by atoms with Gasteiger partial charge in [-0.25, -0.2) is 4.79 Å². The zero-order valence-corrected chi connectivity index (χ0v) is 19.8. The number of rotatable bonds is 10. The van der Waals surface area contributed by atoms with E-state index in [4.69, 9.17) is 4.74 Å². The number of thiophene rings is 1. The maximum Gasteiger partial charge on any atom is 0.317 e. The number of anilines is 1. The predicted molar refractivity (Wildman–Crippen MR) is 123 cm³/mol. The van der Waals surface area contributed by atoms with Crippen molar-refractivity contribution < 1.29 is 19.4 Å². The van der Waals surface area contributed by atoms with E-state index >= 15 is 0 Å². The summed E-state index contributed by atoms with van der Waals surface area (Å²) in [5, 5.41) is 15.9. The molecule has 1 heterocycles. The van der Waals surface area contributed by atoms with Crippen molar-refractivity contribution in [3.63, 3.8) is 0 Å². The van der Waals surface area contributed by atoms with E-state index in [1.807, 2.05) is 26.0 Å². The van der Waals surface area contributed by atoms with Gasteiger partial charge in [0.2, 0.25) is 5.91 Å². The molecule has 2 rings (SSSR count). The quantitative estimate of drug-likeness (QED) is 0.464. The van der Waals surface area contributed by atoms with Crippen LogP contribution in [-0.4, -0.2) is 53.8 Å². The molecule has 0 radical (unpaired) electrons. The van der Waals surface area contributed by atoms with Crippen LogP contribution in [0.4, 0.5) is 10.5 Å². The van der Waals surface area contributed by atoms with Crippen molar-refractivity contribution in [2.45, 2.75) is 39.3 Å². The fraction of sp³-hybridized carbons (Fsp3) is 0.429. The Kier molecular flexibility index (Phi) is 9.61. The average molecular weight is 498 g/mol. The molecule has 0 saturated carbocycles. The third-order valence-corrected chi connectivity index (χ3v) is 5.87. The summed E-state index contributed by atoms with van der Waals surface area (Å²) < 4.78 is 6.68. The number of urea groups is 1. The first-order valence-corrected chi connectivity index (χ1v) is 11.3. The second kappa shape index (κ2) is 11.9. The van der Waals surface area contributed by atoms with Crippen molar-refractivity contribution in [2.75, 3.05) is 25.0 Å². The third kappa shape index (κ3) is 8.33. The minimum Gasteiger partial charge on any atom is -0.491 e. The van der Waals surface area contributed by atoms with Crippen molar-refractivity contribution in [2.24, 2.45) is 0 Å². The SMILES string of the molecule is CC(=O)Nc1ccc(OCC(O)CN(C(=O)NCCc2ccc(Br)s2)C(C)C)cc1. The second-order valence-corrected chi connectivity index (χ2v) is 9.65. The van der Waals surface area contributed by atoms with E-state index in [1.54, 1.807) is 40.5 Å². The minimum absolute atomic E-state index is 0.0548. The molecule has 1 aromatic heterocycles. The monoisotopic (exact) mass is 497 g/mol. The largest absolute Gasteiger partial charge is 0.491 e. The number of benzene rings is 1. The fourth-order valence-electron chi connectivity index (χ4n) is 2.72. The van der Waals surface area contributed by atoms with Crippen LogP contribution in [0.25, 0.3) is 0 Å². The fourth-order valence-corrected chi connectivity index (χ4v) is 4.20. The van der Waals surface area contributed by atoms with Crippen molar-refractivity contribution in [3.05, 3.63) is 45.1 Å². The van der Waals surface area contributed by atoms with Gasteiger partial charge in [-0.1, -0.05) is 0 Å². The summed E-state index contributed by atoms with van der Waals surface area (Å²) >= 11 is 5.08. The van der Waals surface area contributed by atoms with Gasteiger partial charge >= 0.3 is 6.03 Å². The highest BCUT2D eigenvalue weighted by Gasteiger charge is 2.20. The first kappa shape index (κ1) is 24.2. The Morgan fingerprint density at radius 2 is 1.90 bits per heavy atom. The van der Waals surface area contributed by atoms with Gasteiger partial charge in [-0.15, -0.1) is 11.3 Å². The molecule has 3 N–H and O–H groups in total. The summed E-state index contributed by atoms with van der Waals surface area (Å²) in [7, 11) is 0. The topological polar surface area (TPSA) is 90.9 Å². The van der Waals surface area contributed by atoms with Crippen LogP contribution in [0.5, 0.6) is 5.75 Å². The standard InChI is InChI=1S/C21H28BrN3O4S/c1-14(2)25(21(28)23-11-10-19-8-9-20(22)30-19)12-17(27)13-29-18-6-4-16(5-7-18)24-15(3)26/h4-9,14,17,27H,10-13H2,1-3H3,(H,23,28)(H,24,26). The van der Waals surface area contributed by atoms with Gasteiger partial charge in [-0.3, -0.25) is 4.79 Å². The van der Waals surface area contributed by atoms with Gasteiger partial charge in [0.1, 0.15) is 18.5 Å². The molecule has 1 aromatic carbocycles. The first-order valence-electron chi connectivity index (χ1n) is 9.71. The highest BCUT2D eigenvalue weighted by molar-refractivity contribution is 9.11. The van der Waals surface area contributed by atoms with E-state index in [0.29, 0.717) is 18.0 Å². The Morgan fingerprint density at radius 3 is 2.47 bits per heavy atom. The van der Waals surface area contributed by atoms with Crippen molar-refractivity contribution in [1.82, 2.24) is 10.2 Å². The van der Waals surface area contributed by atoms with E-state index in [9.17, 15) is 14.7 Å². The number of nitrogens with zero attached hydrogens (tertiary/aromatic N) is 1. The van der Waals surface area contributed by atoms with Gasteiger partial charge < -0.3 is 25.4 Å². The zero-order valence-electron chi connectivity index (χ0n) is 17.4. The number of nitrogens with one attached hydrogen (secondary N) is 2. The van der Waals surface area contributed by atoms with Crippen LogP contribution in [0.15, 0.2) is 40.2 Å². The zero-order chi connectivity index (χ0) is 22.1. The summed E-state index contributed by atoms with van der Waals surface area (Å²) in [5.41, 5.74) is 0.674. The Hall–Kier alpha value is -2.10. The molecule has 3 amide bonds. The molecule has 164 valence electrons. The van der Waals surface area contributed by atoms with E-state index in [1.165, 1.54) is 11.8 Å². The maximum atomic E-state index is 12.5. The van der Waals surface area contributed by atoms with E-state index in [-0.39, 0.29) is 31.1 Å². The summed E-state index contributed by atoms with van der Waals surface area (Å²) in [6, 6.07) is 10.6. The smallest absolute Gasteiger partial charge is 0.317 e. The predicted octanol–water partition coefficient (Wildman–Crippen LogP) is 3.87. The van der Waals surface area contributed by atoms with Crippen molar-refractivity contribution in [3.8, 4) is 5.75 Å². The summed E-state index contributed by atoms with van der Waals surface area (Å²) in [5.74, 6) is 0.431. The number of hydrogen-bond donors (Lipinski definition) is 3. The number of aliphatic hydroxyl groups excluding tert-OH is 1. The normalized spacial score (nSPS) is 11.8. The Morgan fingerprint density at radius 1 is 1.20 bits per heavy atom. The molecular formula is C21H28BrN3O4S. The number of amides is 3. The lowest BCUT2D eigenvalue weighted by Gasteiger charge is -2.29. The average Bonchev–Trinajstić information content (AvgIpc) is 3.09. The summed E-state index contributed by atoms with van der Waals surface area (Å²) in [6.45, 7) is 6.01. The Labute approximate surface area is 189 Å². The van der Waals surface area contributed by atoms with E-state index in [2.05, 4.69) is 26.6 Å². The molecule has 9 heteroatoms. The lowest BCUT2D eigenvalue weighted by molar-refractivity contribution is -0.114. The van der Waals surface area contributed by atoms with Gasteiger partial charge in [0.25, 0.3) is 0 Å². The number of halogens is 1. The van der Waals surface area contributed by atoms with Gasteiger partial charge in [-0.05, 0) is 72.6 Å². The van der Waals surface area contributed by atoms with Crippen LogP contribution in [0.2, 0.25) is 0 Å². The van der Waals surface area contributed by atoms with Crippen molar-refractivity contribution in [1.29, 1.82) is 0 Å². The van der Waals surface area contributed by atoms with Gasteiger partial charge in [-0.2, -0.15) is 0 Å². The molecule has 30 heavy (non-hydrogen) atoms. The third-order valence-electron chi connectivity index (χ3n) is 4.19. The Balaban J connectivity index is 1.78. The molecule has 0 bridgehead atoms. The highest BCUT2D eigenvalue weighted by Crippen LogP contribution is 2.22. The maximum absolute atomic E-state index is 12.5. The minimum atomic E-state index is -0.832. The highest BCUT2D eigenvalue weighted by atomic mass is 79.9. The lowest BCUT2D eigenvalue weighted by Crippen LogP contribution is -2.48. The lowest BCUT2D eigenvalue weighted by atomic mass is 10.2. The molecule has 1 unspecified atom stereocenters. The van der Waals surface area contributed by atoms with Gasteiger partial charge in [0, 0.05) is 30.1 Å². The van der Waals surface area contributed by atoms with Crippen LogP contribution in [0.3, 0.4) is 0 Å². The molecular weight excluding hydrogens is 470 g/mol. The van der Waals surface area contributed by atoms with Gasteiger partial charge in [0.05, 0.1) is 10.3 Å². The van der Waals surface area contributed by atoms with Crippen LogP contribution >= 0.6 is 27.3 Å². The number of hydrogen-bond acceptors (Lipinski definition) is 5. The number of carbonyl (C=O) groups excluding carboxylic acids is 2. The van der Waals surface area contributed by atoms with E-state index < -0.39 is 6.10 Å². The number of ether oxygens (including phenoxy) is 1. The van der Waals surface area contributed by atoms with Crippen LogP contribution in [0.1, 0.15) is 25.6 Å². The molecule has 1 atom stereocenters. The van der Waals surface area contributed by atoms with Crippen LogP contribution in [-0.2, 0) is 11.2 Å². The first-order chi connectivity index (χ1) is 14.2. The molecule has 0 saturated heterocycles. The van der Waals surface area contributed by atoms with Crippen molar-refractivity contribution >= 4 is 44.9 Å². The number of aliphatic hydroxyl groups is 1. The molecule has 0 spiro atoms. The molecule has 0 aliphatic rings. The van der Waals surface area contributed by atoms with E-state index in [0.717, 1.165) is 10.2 Å². The summed E-state index contributed by atoms with van der Waals surface area (Å²) in [6.07, 6.45) is -0.0740. The molecule has 7 nitrogen and oxygen atoms in total. The molecule has 2 aromatic rings. The van der Waals surface area contributed by atoms with Gasteiger partial charge in [0.15, 0.2) is 0 Å². The molecule has 0 fully saturated rings. The number of carbonyl (C=O) groups is 2. The summed E-state index contributed by atoms with van der Waals surface area (Å²) in [4.78, 5) is 26.4. The van der Waals surface area contributed by atoms with Crippen LogP contribution in [0, 0.1) is 0 Å². The Bertz CT molecular complexity index is 826. The van der Waals surface area contributed by atoms with Crippen LogP contribution < -0.4 is 15.4 Å². The molecule has 0 aliphatic carbocycles. The second-order valence-electron chi connectivity index (χ2n) is 7.10.